The fraction of sp³-hybridized carbons (Fsp3) is 0.846. The van der Waals surface area contributed by atoms with E-state index in [9.17, 15) is 9.59 Å². The zero-order chi connectivity index (χ0) is 13.7. The summed E-state index contributed by atoms with van der Waals surface area (Å²) in [7, 11) is 1.84. The molecule has 0 bridgehead atoms. The summed E-state index contributed by atoms with van der Waals surface area (Å²) in [5, 5.41) is 3.22. The van der Waals surface area contributed by atoms with Gasteiger partial charge in [0.15, 0.2) is 0 Å². The van der Waals surface area contributed by atoms with Gasteiger partial charge in [-0.2, -0.15) is 0 Å². The van der Waals surface area contributed by atoms with Gasteiger partial charge < -0.3 is 15.1 Å². The van der Waals surface area contributed by atoms with Crippen LogP contribution in [0.2, 0.25) is 0 Å². The number of carbonyl (C=O) groups excluding carboxylic acids is 2. The van der Waals surface area contributed by atoms with Crippen LogP contribution in [0.25, 0.3) is 0 Å². The van der Waals surface area contributed by atoms with Crippen molar-refractivity contribution in [3.63, 3.8) is 0 Å². The van der Waals surface area contributed by atoms with Crippen LogP contribution < -0.4 is 5.32 Å². The Morgan fingerprint density at radius 3 is 1.95 bits per heavy atom. The van der Waals surface area contributed by atoms with Crippen molar-refractivity contribution in [3.05, 3.63) is 0 Å². The van der Waals surface area contributed by atoms with Crippen LogP contribution in [0.3, 0.4) is 0 Å². The van der Waals surface area contributed by atoms with Crippen molar-refractivity contribution in [2.24, 2.45) is 0 Å². The van der Waals surface area contributed by atoms with Crippen LogP contribution in [0.15, 0.2) is 0 Å². The third kappa shape index (κ3) is 4.18. The number of nitrogens with zero attached hydrogens (tertiary/aromatic N) is 3. The van der Waals surface area contributed by atoms with Crippen LogP contribution in [0.5, 0.6) is 0 Å². The van der Waals surface area contributed by atoms with Crippen LogP contribution in [-0.2, 0) is 9.59 Å². The standard InChI is InChI=1S/C13H24N4O2/c1-15(10-12(18)16-6-2-3-7-16)11-13(19)17-8-4-14-5-9-17/h14H,2-11H2,1H3. The fourth-order valence-corrected chi connectivity index (χ4v) is 2.60. The first-order valence-electron chi connectivity index (χ1n) is 7.11. The number of hydrogen-bond donors (Lipinski definition) is 1. The second-order valence-electron chi connectivity index (χ2n) is 5.39. The lowest BCUT2D eigenvalue weighted by Gasteiger charge is -2.29. The summed E-state index contributed by atoms with van der Waals surface area (Å²) in [6.45, 7) is 5.69. The smallest absolute Gasteiger partial charge is 0.236 e. The van der Waals surface area contributed by atoms with Gasteiger partial charge in [0.05, 0.1) is 13.1 Å². The van der Waals surface area contributed by atoms with Gasteiger partial charge in [0, 0.05) is 39.3 Å². The molecule has 108 valence electrons. The lowest BCUT2D eigenvalue weighted by Crippen LogP contribution is -2.50. The molecule has 2 aliphatic rings. The summed E-state index contributed by atoms with van der Waals surface area (Å²) in [6, 6.07) is 0. The van der Waals surface area contributed by atoms with E-state index in [1.165, 1.54) is 0 Å². The largest absolute Gasteiger partial charge is 0.342 e. The minimum absolute atomic E-state index is 0.123. The topological polar surface area (TPSA) is 55.9 Å². The highest BCUT2D eigenvalue weighted by atomic mass is 16.2. The molecule has 6 nitrogen and oxygen atoms in total. The van der Waals surface area contributed by atoms with Crippen molar-refractivity contribution in [1.82, 2.24) is 20.0 Å². The lowest BCUT2D eigenvalue weighted by atomic mass is 10.3. The maximum atomic E-state index is 12.0. The summed E-state index contributed by atoms with van der Waals surface area (Å²) in [6.07, 6.45) is 2.21. The van der Waals surface area contributed by atoms with Crippen LogP contribution >= 0.6 is 0 Å². The van der Waals surface area contributed by atoms with Gasteiger partial charge in [0.1, 0.15) is 0 Å². The van der Waals surface area contributed by atoms with Gasteiger partial charge in [0.25, 0.3) is 0 Å². The second-order valence-corrected chi connectivity index (χ2v) is 5.39. The predicted octanol–water partition coefficient (Wildman–Crippen LogP) is -1.03. The molecule has 1 N–H and O–H groups in total. The highest BCUT2D eigenvalue weighted by Gasteiger charge is 2.22. The quantitative estimate of drug-likeness (QED) is 0.708. The van der Waals surface area contributed by atoms with Gasteiger partial charge in [-0.15, -0.1) is 0 Å². The molecule has 6 heteroatoms. The van der Waals surface area contributed by atoms with E-state index in [0.29, 0.717) is 13.1 Å². The van der Waals surface area contributed by atoms with Crippen LogP contribution in [-0.4, -0.2) is 85.9 Å². The first kappa shape index (κ1) is 14.3. The van der Waals surface area contributed by atoms with Crippen LogP contribution in [0, 0.1) is 0 Å². The Balaban J connectivity index is 1.72. The van der Waals surface area contributed by atoms with Crippen molar-refractivity contribution in [3.8, 4) is 0 Å². The molecule has 0 saturated carbocycles. The van der Waals surface area contributed by atoms with E-state index < -0.39 is 0 Å². The van der Waals surface area contributed by atoms with E-state index in [1.807, 2.05) is 21.7 Å². The number of hydrogen-bond acceptors (Lipinski definition) is 4. The molecule has 2 amide bonds. The van der Waals surface area contributed by atoms with Crippen molar-refractivity contribution in [2.75, 3.05) is 59.4 Å². The number of likely N-dealkylation sites (tertiary alicyclic amines) is 1. The number of amides is 2. The Hall–Kier alpha value is -1.14. The SMILES string of the molecule is CN(CC(=O)N1CCCC1)CC(=O)N1CCNCC1. The maximum absolute atomic E-state index is 12.0. The first-order valence-corrected chi connectivity index (χ1v) is 7.11. The zero-order valence-corrected chi connectivity index (χ0v) is 11.7. The average Bonchev–Trinajstić information content (AvgIpc) is 2.93. The molecular formula is C13H24N4O2. The van der Waals surface area contributed by atoms with Crippen molar-refractivity contribution in [1.29, 1.82) is 0 Å². The summed E-state index contributed by atoms with van der Waals surface area (Å²) >= 11 is 0. The molecule has 0 unspecified atom stereocenters. The van der Waals surface area contributed by atoms with Gasteiger partial charge in [0.2, 0.25) is 11.8 Å². The van der Waals surface area contributed by atoms with Gasteiger partial charge >= 0.3 is 0 Å². The Bertz CT molecular complexity index is 323. The Morgan fingerprint density at radius 1 is 0.947 bits per heavy atom. The molecule has 2 aliphatic heterocycles. The molecular weight excluding hydrogens is 244 g/mol. The van der Waals surface area contributed by atoms with Crippen molar-refractivity contribution < 1.29 is 9.59 Å². The lowest BCUT2D eigenvalue weighted by molar-refractivity contribution is -0.135. The molecule has 0 radical (unpaired) electrons. The molecule has 2 rings (SSSR count). The number of likely N-dealkylation sites (N-methyl/N-ethyl adjacent to an activating group) is 1. The van der Waals surface area contributed by atoms with E-state index >= 15 is 0 Å². The van der Waals surface area contributed by atoms with E-state index in [0.717, 1.165) is 52.1 Å². The normalized spacial score (nSPS) is 20.1. The number of carbonyl (C=O) groups is 2. The molecule has 0 aromatic rings. The molecule has 0 atom stereocenters. The zero-order valence-electron chi connectivity index (χ0n) is 11.7. The summed E-state index contributed by atoms with van der Waals surface area (Å²) in [4.78, 5) is 29.6. The molecule has 0 spiro atoms. The first-order chi connectivity index (χ1) is 9.16. The van der Waals surface area contributed by atoms with Gasteiger partial charge in [-0.25, -0.2) is 0 Å². The highest BCUT2D eigenvalue weighted by Crippen LogP contribution is 2.07. The van der Waals surface area contributed by atoms with Gasteiger partial charge in [-0.05, 0) is 19.9 Å². The molecule has 2 saturated heterocycles. The minimum Gasteiger partial charge on any atom is -0.342 e. The predicted molar refractivity (Wildman–Crippen MR) is 72.8 cm³/mol. The molecule has 0 aromatic heterocycles. The summed E-state index contributed by atoms with van der Waals surface area (Å²) in [5.74, 6) is 0.270. The van der Waals surface area contributed by atoms with Gasteiger partial charge in [-0.3, -0.25) is 14.5 Å². The average molecular weight is 268 g/mol. The number of piperazine rings is 1. The Morgan fingerprint density at radius 2 is 1.42 bits per heavy atom. The van der Waals surface area contributed by atoms with Gasteiger partial charge in [-0.1, -0.05) is 0 Å². The second kappa shape index (κ2) is 6.86. The summed E-state index contributed by atoms with van der Waals surface area (Å²) < 4.78 is 0. The Kier molecular flexibility index (Phi) is 5.15. The third-order valence-corrected chi connectivity index (χ3v) is 3.74. The van der Waals surface area contributed by atoms with Crippen LogP contribution in [0.4, 0.5) is 0 Å². The molecule has 2 heterocycles. The summed E-state index contributed by atoms with van der Waals surface area (Å²) in [5.41, 5.74) is 0. The van der Waals surface area contributed by atoms with E-state index in [-0.39, 0.29) is 11.8 Å². The molecule has 0 aliphatic carbocycles. The van der Waals surface area contributed by atoms with Crippen molar-refractivity contribution in [2.45, 2.75) is 12.8 Å². The van der Waals surface area contributed by atoms with E-state index in [2.05, 4.69) is 5.32 Å². The van der Waals surface area contributed by atoms with Crippen LogP contribution in [0.1, 0.15) is 12.8 Å². The van der Waals surface area contributed by atoms with E-state index in [1.54, 1.807) is 0 Å². The van der Waals surface area contributed by atoms with E-state index in [4.69, 9.17) is 0 Å². The molecule has 0 aromatic carbocycles. The molecule has 2 fully saturated rings. The Labute approximate surface area is 114 Å². The maximum Gasteiger partial charge on any atom is 0.236 e. The van der Waals surface area contributed by atoms with Crippen molar-refractivity contribution >= 4 is 11.8 Å². The number of nitrogens with one attached hydrogen (secondary N) is 1. The fourth-order valence-electron chi connectivity index (χ4n) is 2.60. The molecule has 19 heavy (non-hydrogen) atoms. The highest BCUT2D eigenvalue weighted by molar-refractivity contribution is 5.81. The third-order valence-electron chi connectivity index (χ3n) is 3.74. The minimum atomic E-state index is 0.123. The number of rotatable bonds is 4. The monoisotopic (exact) mass is 268 g/mol.